The summed E-state index contributed by atoms with van der Waals surface area (Å²) in [5.74, 6) is -0.899. The first-order valence-electron chi connectivity index (χ1n) is 6.34. The number of aromatic carboxylic acids is 1. The Morgan fingerprint density at radius 3 is 2.95 bits per heavy atom. The predicted octanol–water partition coefficient (Wildman–Crippen LogP) is 2.81. The molecule has 6 heteroatoms. The minimum Gasteiger partial charge on any atom is -0.478 e. The molecule has 0 saturated heterocycles. The fraction of sp³-hybridized carbons (Fsp3) is 0.286. The van der Waals surface area contributed by atoms with Gasteiger partial charge in [0.2, 0.25) is 0 Å². The third-order valence-corrected chi connectivity index (χ3v) is 3.68. The molecule has 1 aromatic heterocycles. The number of thioether (sulfide) groups is 1. The SMILES string of the molecule is CSc1cccc(NCCCn2cccn2)c1C(=O)O. The minimum atomic E-state index is -0.899. The van der Waals surface area contributed by atoms with E-state index in [9.17, 15) is 9.90 Å². The van der Waals surface area contributed by atoms with Crippen LogP contribution >= 0.6 is 11.8 Å². The molecule has 0 unspecified atom stereocenters. The summed E-state index contributed by atoms with van der Waals surface area (Å²) in [6, 6.07) is 7.38. The van der Waals surface area contributed by atoms with Crippen LogP contribution in [-0.4, -0.2) is 33.7 Å². The number of anilines is 1. The monoisotopic (exact) mass is 291 g/mol. The van der Waals surface area contributed by atoms with E-state index in [0.29, 0.717) is 17.8 Å². The molecule has 0 bridgehead atoms. The fourth-order valence-corrected chi connectivity index (χ4v) is 2.58. The summed E-state index contributed by atoms with van der Waals surface area (Å²) in [6.45, 7) is 1.52. The molecular formula is C14H17N3O2S. The van der Waals surface area contributed by atoms with Crippen molar-refractivity contribution in [2.45, 2.75) is 17.9 Å². The molecule has 1 aromatic carbocycles. The van der Waals surface area contributed by atoms with Gasteiger partial charge in [0.05, 0.1) is 5.56 Å². The standard InChI is InChI=1S/C14H17N3O2S/c1-20-12-6-2-5-11(13(12)14(18)19)15-7-3-9-17-10-4-8-16-17/h2,4-6,8,10,15H,3,7,9H2,1H3,(H,18,19). The molecule has 1 heterocycles. The molecule has 2 aromatic rings. The van der Waals surface area contributed by atoms with Crippen LogP contribution in [0.3, 0.4) is 0 Å². The van der Waals surface area contributed by atoms with E-state index in [4.69, 9.17) is 0 Å². The van der Waals surface area contributed by atoms with E-state index in [0.717, 1.165) is 17.9 Å². The van der Waals surface area contributed by atoms with Gasteiger partial charge >= 0.3 is 5.97 Å². The lowest BCUT2D eigenvalue weighted by Gasteiger charge is -2.12. The number of rotatable bonds is 7. The average molecular weight is 291 g/mol. The van der Waals surface area contributed by atoms with Crippen LogP contribution < -0.4 is 5.32 Å². The summed E-state index contributed by atoms with van der Waals surface area (Å²) in [5, 5.41) is 16.6. The van der Waals surface area contributed by atoms with Gasteiger partial charge in [-0.1, -0.05) is 6.07 Å². The van der Waals surface area contributed by atoms with Crippen LogP contribution in [0.1, 0.15) is 16.8 Å². The summed E-state index contributed by atoms with van der Waals surface area (Å²) in [6.07, 6.45) is 6.42. The molecule has 0 spiro atoms. The van der Waals surface area contributed by atoms with E-state index in [1.165, 1.54) is 11.8 Å². The zero-order valence-corrected chi connectivity index (χ0v) is 12.1. The maximum Gasteiger partial charge on any atom is 0.338 e. The first-order valence-corrected chi connectivity index (χ1v) is 7.56. The number of nitrogens with zero attached hydrogens (tertiary/aromatic N) is 2. The fourth-order valence-electron chi connectivity index (χ4n) is 1.97. The number of hydrogen-bond acceptors (Lipinski definition) is 4. The van der Waals surface area contributed by atoms with E-state index < -0.39 is 5.97 Å². The molecular weight excluding hydrogens is 274 g/mol. The number of carboxylic acids is 1. The zero-order valence-electron chi connectivity index (χ0n) is 11.2. The highest BCUT2D eigenvalue weighted by Gasteiger charge is 2.14. The van der Waals surface area contributed by atoms with E-state index in [1.54, 1.807) is 12.3 Å². The summed E-state index contributed by atoms with van der Waals surface area (Å²) in [7, 11) is 0. The summed E-state index contributed by atoms with van der Waals surface area (Å²) in [4.78, 5) is 12.1. The molecule has 0 radical (unpaired) electrons. The Kier molecular flexibility index (Phi) is 5.06. The number of carboxylic acid groups (broad SMARTS) is 1. The second kappa shape index (κ2) is 7.00. The Labute approximate surface area is 122 Å². The molecule has 0 atom stereocenters. The minimum absolute atomic E-state index is 0.346. The van der Waals surface area contributed by atoms with Gasteiger partial charge < -0.3 is 10.4 Å². The van der Waals surface area contributed by atoms with E-state index >= 15 is 0 Å². The van der Waals surface area contributed by atoms with Gasteiger partial charge in [0.1, 0.15) is 0 Å². The number of benzene rings is 1. The van der Waals surface area contributed by atoms with Crippen molar-refractivity contribution < 1.29 is 9.90 Å². The van der Waals surface area contributed by atoms with E-state index in [2.05, 4.69) is 10.4 Å². The van der Waals surface area contributed by atoms with Crippen molar-refractivity contribution in [1.29, 1.82) is 0 Å². The highest BCUT2D eigenvalue weighted by molar-refractivity contribution is 7.98. The third-order valence-electron chi connectivity index (χ3n) is 2.90. The molecule has 0 aliphatic carbocycles. The van der Waals surface area contributed by atoms with Crippen molar-refractivity contribution in [3.05, 3.63) is 42.2 Å². The van der Waals surface area contributed by atoms with Crippen LogP contribution in [0.5, 0.6) is 0 Å². The van der Waals surface area contributed by atoms with Crippen LogP contribution in [-0.2, 0) is 6.54 Å². The molecule has 106 valence electrons. The molecule has 2 N–H and O–H groups in total. The lowest BCUT2D eigenvalue weighted by atomic mass is 10.1. The molecule has 0 aliphatic rings. The van der Waals surface area contributed by atoms with E-state index in [1.807, 2.05) is 35.3 Å². The van der Waals surface area contributed by atoms with Crippen molar-refractivity contribution in [3.8, 4) is 0 Å². The smallest absolute Gasteiger partial charge is 0.338 e. The molecule has 0 saturated carbocycles. The van der Waals surface area contributed by atoms with Gasteiger partial charge in [-0.2, -0.15) is 5.10 Å². The Morgan fingerprint density at radius 2 is 2.30 bits per heavy atom. The van der Waals surface area contributed by atoms with Gasteiger partial charge in [0.15, 0.2) is 0 Å². The maximum atomic E-state index is 11.4. The number of aryl methyl sites for hydroxylation is 1. The first kappa shape index (κ1) is 14.5. The third kappa shape index (κ3) is 3.54. The quantitative estimate of drug-likeness (QED) is 0.606. The lowest BCUT2D eigenvalue weighted by molar-refractivity contribution is 0.0694. The highest BCUT2D eigenvalue weighted by atomic mass is 32.2. The molecule has 0 fully saturated rings. The van der Waals surface area contributed by atoms with Gasteiger partial charge in [-0.25, -0.2) is 4.79 Å². The van der Waals surface area contributed by atoms with Crippen molar-refractivity contribution >= 4 is 23.4 Å². The van der Waals surface area contributed by atoms with Gasteiger partial charge in [0.25, 0.3) is 0 Å². The molecule has 0 aliphatic heterocycles. The van der Waals surface area contributed by atoms with Crippen LogP contribution in [0.25, 0.3) is 0 Å². The lowest BCUT2D eigenvalue weighted by Crippen LogP contribution is -2.11. The van der Waals surface area contributed by atoms with Gasteiger partial charge in [-0.3, -0.25) is 4.68 Å². The number of nitrogens with one attached hydrogen (secondary N) is 1. The first-order chi connectivity index (χ1) is 9.72. The summed E-state index contributed by atoms with van der Waals surface area (Å²) < 4.78 is 1.86. The molecule has 2 rings (SSSR count). The largest absolute Gasteiger partial charge is 0.478 e. The number of aromatic nitrogens is 2. The van der Waals surface area contributed by atoms with Gasteiger partial charge in [-0.15, -0.1) is 11.8 Å². The van der Waals surface area contributed by atoms with Crippen molar-refractivity contribution in [1.82, 2.24) is 9.78 Å². The summed E-state index contributed by atoms with van der Waals surface area (Å²) >= 11 is 1.44. The van der Waals surface area contributed by atoms with E-state index in [-0.39, 0.29) is 0 Å². The Bertz CT molecular complexity index is 570. The Morgan fingerprint density at radius 1 is 1.45 bits per heavy atom. The second-order valence-corrected chi connectivity index (χ2v) is 5.09. The Balaban J connectivity index is 1.96. The Hall–Kier alpha value is -1.95. The van der Waals surface area contributed by atoms with Crippen molar-refractivity contribution in [3.63, 3.8) is 0 Å². The average Bonchev–Trinajstić information content (AvgIpc) is 2.96. The predicted molar refractivity (Wildman–Crippen MR) is 80.5 cm³/mol. The van der Waals surface area contributed by atoms with Crippen molar-refractivity contribution in [2.24, 2.45) is 0 Å². The molecule has 20 heavy (non-hydrogen) atoms. The van der Waals surface area contributed by atoms with Gasteiger partial charge in [0, 0.05) is 36.1 Å². The van der Waals surface area contributed by atoms with Crippen molar-refractivity contribution in [2.75, 3.05) is 18.1 Å². The zero-order chi connectivity index (χ0) is 14.4. The molecule has 0 amide bonds. The van der Waals surface area contributed by atoms with Gasteiger partial charge in [-0.05, 0) is 30.9 Å². The van der Waals surface area contributed by atoms with Crippen LogP contribution in [0.2, 0.25) is 0 Å². The topological polar surface area (TPSA) is 67.2 Å². The normalized spacial score (nSPS) is 10.4. The second-order valence-electron chi connectivity index (χ2n) is 4.24. The highest BCUT2D eigenvalue weighted by Crippen LogP contribution is 2.27. The molecule has 5 nitrogen and oxygen atoms in total. The number of hydrogen-bond donors (Lipinski definition) is 2. The number of carbonyl (C=O) groups is 1. The van der Waals surface area contributed by atoms with Crippen LogP contribution in [0.4, 0.5) is 5.69 Å². The van der Waals surface area contributed by atoms with Crippen LogP contribution in [0, 0.1) is 0 Å². The maximum absolute atomic E-state index is 11.4. The van der Waals surface area contributed by atoms with Crippen LogP contribution in [0.15, 0.2) is 41.6 Å². The summed E-state index contributed by atoms with van der Waals surface area (Å²) in [5.41, 5.74) is 1.02.